The average Bonchev–Trinajstić information content (AvgIpc) is 2.74. The number of aromatic nitrogens is 1. The highest BCUT2D eigenvalue weighted by Crippen LogP contribution is 2.24. The maximum atomic E-state index is 13.2. The van der Waals surface area contributed by atoms with Crippen LogP contribution in [0.3, 0.4) is 0 Å². The minimum absolute atomic E-state index is 0.239. The van der Waals surface area contributed by atoms with Crippen molar-refractivity contribution in [3.8, 4) is 0 Å². The third-order valence-corrected chi connectivity index (χ3v) is 3.45. The predicted octanol–water partition coefficient (Wildman–Crippen LogP) is 3.97. The van der Waals surface area contributed by atoms with Crippen molar-refractivity contribution in [3.05, 3.63) is 44.6 Å². The molecular weight excluding hydrogens is 291 g/mol. The van der Waals surface area contributed by atoms with Gasteiger partial charge in [-0.3, -0.25) is 0 Å². The minimum atomic E-state index is -0.239. The summed E-state index contributed by atoms with van der Waals surface area (Å²) in [5.41, 5.74) is 4.59. The minimum Gasteiger partial charge on any atom is -0.379 e. The molecule has 0 aliphatic heterocycles. The van der Waals surface area contributed by atoms with E-state index in [0.29, 0.717) is 11.0 Å². The van der Waals surface area contributed by atoms with Gasteiger partial charge >= 0.3 is 0 Å². The van der Waals surface area contributed by atoms with Crippen LogP contribution < -0.4 is 5.32 Å². The second kappa shape index (κ2) is 4.93. The molecule has 1 aromatic carbocycles. The zero-order valence-corrected chi connectivity index (χ0v) is 11.0. The van der Waals surface area contributed by atoms with Crippen LogP contribution >= 0.6 is 27.3 Å². The molecule has 0 unspecified atom stereocenters. The molecule has 2 nitrogen and oxygen atoms in total. The van der Waals surface area contributed by atoms with Crippen LogP contribution in [0.1, 0.15) is 11.3 Å². The highest BCUT2D eigenvalue weighted by atomic mass is 79.9. The van der Waals surface area contributed by atoms with Gasteiger partial charge in [-0.05, 0) is 40.5 Å². The molecule has 1 N–H and O–H groups in total. The van der Waals surface area contributed by atoms with Crippen LogP contribution in [0.15, 0.2) is 27.5 Å². The number of nitrogens with one attached hydrogen (secondary N) is 1. The van der Waals surface area contributed by atoms with E-state index in [1.807, 2.05) is 12.3 Å². The lowest BCUT2D eigenvalue weighted by atomic mass is 10.2. The van der Waals surface area contributed by atoms with Gasteiger partial charge in [0.25, 0.3) is 0 Å². The summed E-state index contributed by atoms with van der Waals surface area (Å²) in [5, 5.41) is 5.22. The second-order valence-corrected chi connectivity index (χ2v) is 4.99. The van der Waals surface area contributed by atoms with Gasteiger partial charge in [0, 0.05) is 11.1 Å². The normalized spacial score (nSPS) is 10.4. The van der Waals surface area contributed by atoms with Crippen molar-refractivity contribution in [2.45, 2.75) is 13.5 Å². The summed E-state index contributed by atoms with van der Waals surface area (Å²) in [4.78, 5) is 4.17. The molecule has 0 fully saturated rings. The van der Waals surface area contributed by atoms with Gasteiger partial charge in [-0.15, -0.1) is 11.3 Å². The highest BCUT2D eigenvalue weighted by Gasteiger charge is 2.05. The Bertz CT molecular complexity index is 485. The van der Waals surface area contributed by atoms with Crippen LogP contribution in [-0.2, 0) is 6.54 Å². The van der Waals surface area contributed by atoms with Crippen LogP contribution in [0, 0.1) is 12.7 Å². The number of hydrogen-bond acceptors (Lipinski definition) is 3. The number of benzene rings is 1. The van der Waals surface area contributed by atoms with Crippen LogP contribution in [0.5, 0.6) is 0 Å². The van der Waals surface area contributed by atoms with Crippen LogP contribution in [0.4, 0.5) is 10.1 Å². The Kier molecular flexibility index (Phi) is 3.56. The summed E-state index contributed by atoms with van der Waals surface area (Å²) in [6, 6.07) is 3.25. The first kappa shape index (κ1) is 11.5. The fourth-order valence-corrected chi connectivity index (χ4v) is 2.25. The van der Waals surface area contributed by atoms with E-state index in [0.717, 1.165) is 16.9 Å². The lowest BCUT2D eigenvalue weighted by Gasteiger charge is -2.09. The van der Waals surface area contributed by atoms with Gasteiger partial charge < -0.3 is 5.32 Å². The van der Waals surface area contributed by atoms with Crippen LogP contribution in [-0.4, -0.2) is 4.98 Å². The van der Waals surface area contributed by atoms with Gasteiger partial charge in [-0.25, -0.2) is 9.37 Å². The van der Waals surface area contributed by atoms with E-state index in [9.17, 15) is 4.39 Å². The smallest absolute Gasteiger partial charge is 0.137 e. The molecule has 84 valence electrons. The molecule has 0 radical (unpaired) electrons. The average molecular weight is 301 g/mol. The maximum Gasteiger partial charge on any atom is 0.137 e. The fraction of sp³-hybridized carbons (Fsp3) is 0.182. The van der Waals surface area contributed by atoms with Crippen molar-refractivity contribution in [1.29, 1.82) is 0 Å². The summed E-state index contributed by atoms with van der Waals surface area (Å²) < 4.78 is 13.7. The molecule has 0 spiro atoms. The van der Waals surface area contributed by atoms with Gasteiger partial charge in [-0.1, -0.05) is 0 Å². The number of hydrogen-bond donors (Lipinski definition) is 1. The fourth-order valence-electron chi connectivity index (χ4n) is 1.35. The summed E-state index contributed by atoms with van der Waals surface area (Å²) in [5.74, 6) is -0.239. The van der Waals surface area contributed by atoms with Crippen molar-refractivity contribution in [2.24, 2.45) is 0 Å². The van der Waals surface area contributed by atoms with Crippen molar-refractivity contribution < 1.29 is 4.39 Å². The van der Waals surface area contributed by atoms with E-state index >= 15 is 0 Å². The van der Waals surface area contributed by atoms with E-state index in [1.165, 1.54) is 6.07 Å². The van der Waals surface area contributed by atoms with Gasteiger partial charge in [0.05, 0.1) is 22.2 Å². The van der Waals surface area contributed by atoms with Crippen molar-refractivity contribution in [1.82, 2.24) is 4.98 Å². The zero-order chi connectivity index (χ0) is 11.5. The van der Waals surface area contributed by atoms with Crippen molar-refractivity contribution >= 4 is 33.0 Å². The molecule has 0 aliphatic rings. The maximum absolute atomic E-state index is 13.2. The molecule has 2 aromatic rings. The van der Waals surface area contributed by atoms with E-state index in [2.05, 4.69) is 26.2 Å². The predicted molar refractivity (Wildman–Crippen MR) is 68.3 cm³/mol. The lowest BCUT2D eigenvalue weighted by molar-refractivity contribution is 0.620. The number of aryl methyl sites for hydroxylation is 1. The third kappa shape index (κ3) is 2.59. The summed E-state index contributed by atoms with van der Waals surface area (Å²) in [6.07, 6.45) is 0. The SMILES string of the molecule is Cc1cc(F)c(Br)cc1NCc1cscn1. The molecule has 1 aromatic heterocycles. The molecule has 0 saturated heterocycles. The summed E-state index contributed by atoms with van der Waals surface area (Å²) in [7, 11) is 0. The Balaban J connectivity index is 2.12. The number of anilines is 1. The molecule has 0 amide bonds. The zero-order valence-electron chi connectivity index (χ0n) is 8.63. The Morgan fingerprint density at radius 2 is 2.31 bits per heavy atom. The topological polar surface area (TPSA) is 24.9 Å². The molecule has 5 heteroatoms. The first-order chi connectivity index (χ1) is 7.66. The first-order valence-electron chi connectivity index (χ1n) is 4.73. The molecule has 2 rings (SSSR count). The molecular formula is C11H10BrFN2S. The molecule has 0 bridgehead atoms. The Morgan fingerprint density at radius 1 is 1.50 bits per heavy atom. The van der Waals surface area contributed by atoms with Gasteiger partial charge in [0.1, 0.15) is 5.82 Å². The van der Waals surface area contributed by atoms with Crippen molar-refractivity contribution in [2.75, 3.05) is 5.32 Å². The summed E-state index contributed by atoms with van der Waals surface area (Å²) in [6.45, 7) is 2.53. The van der Waals surface area contributed by atoms with E-state index in [1.54, 1.807) is 22.9 Å². The Labute approximate surface area is 106 Å². The van der Waals surface area contributed by atoms with Gasteiger partial charge in [0.2, 0.25) is 0 Å². The van der Waals surface area contributed by atoms with Gasteiger partial charge in [0.15, 0.2) is 0 Å². The van der Waals surface area contributed by atoms with Crippen LogP contribution in [0.25, 0.3) is 0 Å². The summed E-state index contributed by atoms with van der Waals surface area (Å²) >= 11 is 4.73. The number of halogens is 2. The van der Waals surface area contributed by atoms with E-state index in [-0.39, 0.29) is 5.82 Å². The number of thiazole rings is 1. The van der Waals surface area contributed by atoms with E-state index in [4.69, 9.17) is 0 Å². The highest BCUT2D eigenvalue weighted by molar-refractivity contribution is 9.10. The number of nitrogens with zero attached hydrogens (tertiary/aromatic N) is 1. The Hall–Kier alpha value is -0.940. The molecule has 0 atom stereocenters. The largest absolute Gasteiger partial charge is 0.379 e. The first-order valence-corrected chi connectivity index (χ1v) is 6.47. The molecule has 0 saturated carbocycles. The quantitative estimate of drug-likeness (QED) is 0.928. The monoisotopic (exact) mass is 300 g/mol. The third-order valence-electron chi connectivity index (χ3n) is 2.21. The number of rotatable bonds is 3. The molecule has 0 aliphatic carbocycles. The van der Waals surface area contributed by atoms with Crippen molar-refractivity contribution in [3.63, 3.8) is 0 Å². The molecule has 16 heavy (non-hydrogen) atoms. The van der Waals surface area contributed by atoms with E-state index < -0.39 is 0 Å². The van der Waals surface area contributed by atoms with Crippen LogP contribution in [0.2, 0.25) is 0 Å². The standard InChI is InChI=1S/C11H10BrFN2S/c1-7-2-10(13)9(12)3-11(7)14-4-8-5-16-6-15-8/h2-3,5-6,14H,4H2,1H3. The Morgan fingerprint density at radius 3 is 3.00 bits per heavy atom. The second-order valence-electron chi connectivity index (χ2n) is 3.41. The lowest BCUT2D eigenvalue weighted by Crippen LogP contribution is -2.01. The van der Waals surface area contributed by atoms with Gasteiger partial charge in [-0.2, -0.15) is 0 Å². The molecule has 1 heterocycles.